The Labute approximate surface area is 145 Å². The predicted molar refractivity (Wildman–Crippen MR) is 90.7 cm³/mol. The average Bonchev–Trinajstić information content (AvgIpc) is 2.61. The van der Waals surface area contributed by atoms with E-state index < -0.39 is 11.9 Å². The van der Waals surface area contributed by atoms with Gasteiger partial charge in [-0.15, -0.1) is 0 Å². The third-order valence-corrected chi connectivity index (χ3v) is 3.43. The SMILES string of the molecule is COc1ccc(/C=C(/C#N)C(=O)Nc2ccc(C)cc2)cc1C(=O)[O-]. The van der Waals surface area contributed by atoms with Crippen LogP contribution in [0.1, 0.15) is 21.5 Å². The van der Waals surface area contributed by atoms with Crippen LogP contribution in [-0.4, -0.2) is 19.0 Å². The lowest BCUT2D eigenvalue weighted by Gasteiger charge is -2.10. The highest BCUT2D eigenvalue weighted by Crippen LogP contribution is 2.21. The van der Waals surface area contributed by atoms with Gasteiger partial charge in [-0.2, -0.15) is 5.26 Å². The van der Waals surface area contributed by atoms with E-state index in [4.69, 9.17) is 4.74 Å². The van der Waals surface area contributed by atoms with E-state index in [1.807, 2.05) is 25.1 Å². The molecule has 0 aliphatic heterocycles. The number of amides is 1. The third kappa shape index (κ3) is 4.45. The van der Waals surface area contributed by atoms with E-state index in [9.17, 15) is 20.0 Å². The Hall–Kier alpha value is -3.59. The van der Waals surface area contributed by atoms with E-state index in [1.165, 1.54) is 25.3 Å². The van der Waals surface area contributed by atoms with Gasteiger partial charge < -0.3 is 20.0 Å². The van der Waals surface area contributed by atoms with Crippen LogP contribution in [0.5, 0.6) is 5.75 Å². The molecule has 2 rings (SSSR count). The third-order valence-electron chi connectivity index (χ3n) is 3.43. The fraction of sp³-hybridized carbons (Fsp3) is 0.105. The summed E-state index contributed by atoms with van der Waals surface area (Å²) in [5.74, 6) is -1.85. The number of ether oxygens (including phenoxy) is 1. The number of hydrogen-bond donors (Lipinski definition) is 1. The second kappa shape index (κ2) is 7.79. The molecular weight excluding hydrogens is 320 g/mol. The zero-order valence-electron chi connectivity index (χ0n) is 13.7. The predicted octanol–water partition coefficient (Wildman–Crippen LogP) is 1.91. The average molecular weight is 335 g/mol. The van der Waals surface area contributed by atoms with Gasteiger partial charge in [0.05, 0.1) is 13.1 Å². The van der Waals surface area contributed by atoms with Gasteiger partial charge in [0.15, 0.2) is 0 Å². The molecule has 1 N–H and O–H groups in total. The number of aryl methyl sites for hydroxylation is 1. The summed E-state index contributed by atoms with van der Waals surface area (Å²) in [6, 6.07) is 13.2. The first-order chi connectivity index (χ1) is 11.9. The molecule has 0 aromatic heterocycles. The van der Waals surface area contributed by atoms with Crippen LogP contribution in [0, 0.1) is 18.3 Å². The largest absolute Gasteiger partial charge is 0.545 e. The van der Waals surface area contributed by atoms with Gasteiger partial charge in [0.25, 0.3) is 5.91 Å². The van der Waals surface area contributed by atoms with Gasteiger partial charge in [0.1, 0.15) is 17.4 Å². The van der Waals surface area contributed by atoms with Crippen molar-refractivity contribution in [2.24, 2.45) is 0 Å². The van der Waals surface area contributed by atoms with Crippen LogP contribution in [-0.2, 0) is 4.79 Å². The first-order valence-electron chi connectivity index (χ1n) is 7.34. The minimum Gasteiger partial charge on any atom is -0.545 e. The van der Waals surface area contributed by atoms with E-state index in [0.29, 0.717) is 11.3 Å². The summed E-state index contributed by atoms with van der Waals surface area (Å²) >= 11 is 0. The number of anilines is 1. The van der Waals surface area contributed by atoms with Gasteiger partial charge >= 0.3 is 0 Å². The summed E-state index contributed by atoms with van der Waals surface area (Å²) < 4.78 is 4.94. The zero-order chi connectivity index (χ0) is 18.4. The monoisotopic (exact) mass is 335 g/mol. The van der Waals surface area contributed by atoms with Gasteiger partial charge in [0, 0.05) is 11.3 Å². The van der Waals surface area contributed by atoms with Crippen molar-refractivity contribution in [1.82, 2.24) is 0 Å². The second-order valence-electron chi connectivity index (χ2n) is 5.24. The summed E-state index contributed by atoms with van der Waals surface area (Å²) in [7, 11) is 1.34. The number of carboxylic acids is 1. The summed E-state index contributed by atoms with van der Waals surface area (Å²) in [5, 5.41) is 23.0. The van der Waals surface area contributed by atoms with E-state index >= 15 is 0 Å². The summed E-state index contributed by atoms with van der Waals surface area (Å²) in [4.78, 5) is 23.4. The maximum absolute atomic E-state index is 12.2. The normalized spacial score (nSPS) is 10.7. The first kappa shape index (κ1) is 17.8. The van der Waals surface area contributed by atoms with Gasteiger partial charge in [0.2, 0.25) is 0 Å². The topological polar surface area (TPSA) is 102 Å². The Morgan fingerprint density at radius 1 is 1.20 bits per heavy atom. The van der Waals surface area contributed by atoms with E-state index in [-0.39, 0.29) is 16.9 Å². The Kier molecular flexibility index (Phi) is 5.54. The number of hydrogen-bond acceptors (Lipinski definition) is 5. The van der Waals surface area contributed by atoms with E-state index in [0.717, 1.165) is 5.56 Å². The zero-order valence-corrected chi connectivity index (χ0v) is 13.7. The highest BCUT2D eigenvalue weighted by atomic mass is 16.5. The molecule has 0 bridgehead atoms. The van der Waals surface area contributed by atoms with E-state index in [1.54, 1.807) is 18.2 Å². The van der Waals surface area contributed by atoms with Crippen LogP contribution in [0.15, 0.2) is 48.0 Å². The molecule has 126 valence electrons. The van der Waals surface area contributed by atoms with Crippen LogP contribution < -0.4 is 15.2 Å². The van der Waals surface area contributed by atoms with Gasteiger partial charge in [-0.25, -0.2) is 0 Å². The van der Waals surface area contributed by atoms with Crippen LogP contribution in [0.4, 0.5) is 5.69 Å². The van der Waals surface area contributed by atoms with Crippen molar-refractivity contribution in [2.45, 2.75) is 6.92 Å². The lowest BCUT2D eigenvalue weighted by Crippen LogP contribution is -2.23. The number of nitrogens with zero attached hydrogens (tertiary/aromatic N) is 1. The molecule has 0 heterocycles. The number of carbonyl (C=O) groups excluding carboxylic acids is 2. The number of benzene rings is 2. The lowest BCUT2D eigenvalue weighted by molar-refractivity contribution is -0.255. The van der Waals surface area contributed by atoms with Crippen molar-refractivity contribution < 1.29 is 19.4 Å². The smallest absolute Gasteiger partial charge is 0.266 e. The van der Waals surface area contributed by atoms with Crippen molar-refractivity contribution in [2.75, 3.05) is 12.4 Å². The maximum Gasteiger partial charge on any atom is 0.266 e. The molecule has 0 atom stereocenters. The van der Waals surface area contributed by atoms with Gasteiger partial charge in [-0.1, -0.05) is 23.8 Å². The highest BCUT2D eigenvalue weighted by Gasteiger charge is 2.11. The molecule has 2 aromatic rings. The molecule has 6 nitrogen and oxygen atoms in total. The molecule has 0 radical (unpaired) electrons. The quantitative estimate of drug-likeness (QED) is 0.664. The number of nitrogens with one attached hydrogen (secondary N) is 1. The van der Waals surface area contributed by atoms with Crippen LogP contribution in [0.3, 0.4) is 0 Å². The number of nitriles is 1. The standard InChI is InChI=1S/C19H16N2O4/c1-12-3-6-15(7-4-12)21-18(22)14(11-20)9-13-5-8-17(25-2)16(10-13)19(23)24/h3-10H,1-2H3,(H,21,22)(H,23,24)/p-1/b14-9-. The Balaban J connectivity index is 2.29. The minimum absolute atomic E-state index is 0.139. The summed E-state index contributed by atoms with van der Waals surface area (Å²) in [6.07, 6.45) is 1.30. The molecule has 0 aliphatic rings. The Morgan fingerprint density at radius 3 is 2.44 bits per heavy atom. The molecule has 0 fully saturated rings. The Morgan fingerprint density at radius 2 is 1.88 bits per heavy atom. The van der Waals surface area contributed by atoms with Crippen molar-refractivity contribution >= 4 is 23.6 Å². The molecule has 1 amide bonds. The Bertz CT molecular complexity index is 877. The number of aromatic carboxylic acids is 1. The molecule has 0 saturated carbocycles. The molecular formula is C19H15N2O4-. The molecule has 6 heteroatoms. The minimum atomic E-state index is -1.41. The van der Waals surface area contributed by atoms with Crippen LogP contribution in [0.25, 0.3) is 6.08 Å². The molecule has 0 unspecified atom stereocenters. The number of methoxy groups -OCH3 is 1. The molecule has 0 spiro atoms. The van der Waals surface area contributed by atoms with Crippen molar-refractivity contribution in [3.8, 4) is 11.8 Å². The summed E-state index contributed by atoms with van der Waals surface area (Å²) in [5.41, 5.74) is 1.65. The molecule has 0 aliphatic carbocycles. The lowest BCUT2D eigenvalue weighted by atomic mass is 10.1. The van der Waals surface area contributed by atoms with Crippen molar-refractivity contribution in [3.63, 3.8) is 0 Å². The van der Waals surface area contributed by atoms with Gasteiger partial charge in [-0.05, 0) is 42.8 Å². The van der Waals surface area contributed by atoms with Crippen molar-refractivity contribution in [3.05, 3.63) is 64.7 Å². The number of carbonyl (C=O) groups is 2. The van der Waals surface area contributed by atoms with Gasteiger partial charge in [-0.3, -0.25) is 4.79 Å². The second-order valence-corrected chi connectivity index (χ2v) is 5.24. The number of carboxylic acid groups (broad SMARTS) is 1. The molecule has 25 heavy (non-hydrogen) atoms. The summed E-state index contributed by atoms with van der Waals surface area (Å²) in [6.45, 7) is 1.92. The van der Waals surface area contributed by atoms with Crippen LogP contribution in [0.2, 0.25) is 0 Å². The maximum atomic E-state index is 12.2. The molecule has 2 aromatic carbocycles. The van der Waals surface area contributed by atoms with Crippen LogP contribution >= 0.6 is 0 Å². The fourth-order valence-corrected chi connectivity index (χ4v) is 2.13. The van der Waals surface area contributed by atoms with E-state index in [2.05, 4.69) is 5.32 Å². The molecule has 0 saturated heterocycles. The first-order valence-corrected chi connectivity index (χ1v) is 7.34. The fourth-order valence-electron chi connectivity index (χ4n) is 2.13. The van der Waals surface area contributed by atoms with Crippen molar-refractivity contribution in [1.29, 1.82) is 5.26 Å². The number of rotatable bonds is 5. The highest BCUT2D eigenvalue weighted by molar-refractivity contribution is 6.09.